The number of benzene rings is 8. The smallest absolute Gasteiger partial charge is 0.135 e. The highest BCUT2D eigenvalue weighted by Crippen LogP contribution is 2.48. The van der Waals surface area contributed by atoms with Gasteiger partial charge < -0.3 is 23.0 Å². The van der Waals surface area contributed by atoms with Crippen molar-refractivity contribution in [3.05, 3.63) is 211 Å². The van der Waals surface area contributed by atoms with Crippen molar-refractivity contribution in [2.45, 2.75) is 31.7 Å². The van der Waals surface area contributed by atoms with Gasteiger partial charge in [0.2, 0.25) is 0 Å². The number of para-hydroxylation sites is 6. The first-order valence-corrected chi connectivity index (χ1v) is 23.3. The van der Waals surface area contributed by atoms with Gasteiger partial charge in [-0.2, -0.15) is 0 Å². The van der Waals surface area contributed by atoms with Crippen molar-refractivity contribution < 1.29 is 4.42 Å². The van der Waals surface area contributed by atoms with Crippen molar-refractivity contribution in [3.63, 3.8) is 0 Å². The molecule has 0 fully saturated rings. The van der Waals surface area contributed by atoms with Crippen molar-refractivity contribution in [1.82, 2.24) is 13.7 Å². The molecule has 2 bridgehead atoms. The summed E-state index contributed by atoms with van der Waals surface area (Å²) in [5.41, 5.74) is 18.9. The van der Waals surface area contributed by atoms with Gasteiger partial charge in [0.1, 0.15) is 11.2 Å². The fraction of sp³-hybridized carbons (Fsp3) is 0.0820. The number of rotatable bonds is 4. The molecule has 0 radical (unpaired) electrons. The van der Waals surface area contributed by atoms with Crippen LogP contribution in [-0.2, 0) is 6.42 Å². The molecule has 0 saturated heterocycles. The van der Waals surface area contributed by atoms with Gasteiger partial charge in [-0.15, -0.1) is 0 Å². The molecule has 2 aliphatic carbocycles. The molecular formula is C61H42N4O. The summed E-state index contributed by atoms with van der Waals surface area (Å²) in [6.45, 7) is 0. The van der Waals surface area contributed by atoms with Crippen LogP contribution in [0.25, 0.3) is 105 Å². The Balaban J connectivity index is 0.963. The van der Waals surface area contributed by atoms with Crippen LogP contribution in [0.5, 0.6) is 0 Å². The maximum absolute atomic E-state index is 6.71. The normalized spacial score (nSPS) is 15.7. The average molecular weight is 847 g/mol. The van der Waals surface area contributed by atoms with Crippen LogP contribution in [0.4, 0.5) is 11.4 Å². The lowest BCUT2D eigenvalue weighted by molar-refractivity contribution is 0.669. The van der Waals surface area contributed by atoms with Crippen molar-refractivity contribution in [2.24, 2.45) is 0 Å². The monoisotopic (exact) mass is 846 g/mol. The fourth-order valence-electron chi connectivity index (χ4n) is 12.0. The summed E-state index contributed by atoms with van der Waals surface area (Å²) < 4.78 is 14.2. The SMILES string of the molecule is C1=Cc2c(c3cccc(-n4c5ccccc5c5ccccc54)c3n2-c2ccc3oc4ccc(-n5c6ccccc6c6cccc(N7c8ccccc8C8=CC7CCC=C8)c65)cc4c3c2)CC1. The van der Waals surface area contributed by atoms with E-state index in [2.05, 4.69) is 219 Å². The summed E-state index contributed by atoms with van der Waals surface area (Å²) in [6.07, 6.45) is 15.9. The minimum atomic E-state index is 0.238. The summed E-state index contributed by atoms with van der Waals surface area (Å²) >= 11 is 0. The maximum atomic E-state index is 6.71. The van der Waals surface area contributed by atoms with Crippen LogP contribution in [0, 0.1) is 0 Å². The second-order valence-electron chi connectivity index (χ2n) is 18.2. The van der Waals surface area contributed by atoms with Crippen LogP contribution in [0.2, 0.25) is 0 Å². The Morgan fingerprint density at radius 2 is 1.02 bits per heavy atom. The second kappa shape index (κ2) is 13.6. The lowest BCUT2D eigenvalue weighted by Gasteiger charge is -2.37. The van der Waals surface area contributed by atoms with E-state index in [4.69, 9.17) is 4.42 Å². The minimum absolute atomic E-state index is 0.238. The summed E-state index contributed by atoms with van der Waals surface area (Å²) in [7, 11) is 0. The first-order valence-electron chi connectivity index (χ1n) is 23.3. The van der Waals surface area contributed by atoms with Crippen LogP contribution in [0.1, 0.15) is 36.1 Å². The molecule has 8 aromatic carbocycles. The molecule has 66 heavy (non-hydrogen) atoms. The van der Waals surface area contributed by atoms with E-state index in [1.54, 1.807) is 0 Å². The molecule has 1 unspecified atom stereocenters. The number of aromatic nitrogens is 3. The first-order chi connectivity index (χ1) is 32.8. The van der Waals surface area contributed by atoms with E-state index in [-0.39, 0.29) is 6.04 Å². The quantitative estimate of drug-likeness (QED) is 0.177. The number of hydrogen-bond donors (Lipinski definition) is 0. The van der Waals surface area contributed by atoms with E-state index in [1.807, 2.05) is 0 Å². The number of hydrogen-bond acceptors (Lipinski definition) is 2. The highest BCUT2D eigenvalue weighted by atomic mass is 16.3. The van der Waals surface area contributed by atoms with Crippen molar-refractivity contribution in [3.8, 4) is 17.1 Å². The van der Waals surface area contributed by atoms with Crippen LogP contribution in [0.15, 0.2) is 199 Å². The molecule has 15 rings (SSSR count). The topological polar surface area (TPSA) is 31.2 Å². The molecule has 4 aromatic heterocycles. The molecule has 0 amide bonds. The van der Waals surface area contributed by atoms with E-state index in [0.717, 1.165) is 59.0 Å². The molecule has 5 heterocycles. The van der Waals surface area contributed by atoms with E-state index in [0.29, 0.717) is 0 Å². The number of furan rings is 1. The zero-order chi connectivity index (χ0) is 43.0. The van der Waals surface area contributed by atoms with E-state index in [1.165, 1.54) is 94.0 Å². The summed E-state index contributed by atoms with van der Waals surface area (Å²) in [5.74, 6) is 0. The number of nitrogens with zero attached hydrogens (tertiary/aromatic N) is 4. The Labute approximate surface area is 380 Å². The zero-order valence-electron chi connectivity index (χ0n) is 36.2. The van der Waals surface area contributed by atoms with Crippen LogP contribution < -0.4 is 4.90 Å². The van der Waals surface area contributed by atoms with Gasteiger partial charge in [-0.3, -0.25) is 0 Å². The third kappa shape index (κ3) is 4.94. The van der Waals surface area contributed by atoms with Gasteiger partial charge in [-0.05, 0) is 116 Å². The lowest BCUT2D eigenvalue weighted by atomic mass is 9.94. The van der Waals surface area contributed by atoms with Crippen LogP contribution in [-0.4, -0.2) is 19.7 Å². The molecule has 0 spiro atoms. The minimum Gasteiger partial charge on any atom is -0.456 e. The van der Waals surface area contributed by atoms with Gasteiger partial charge in [0, 0.05) is 66.0 Å². The molecule has 5 heteroatoms. The first kappa shape index (κ1) is 36.1. The Bertz CT molecular complexity index is 4090. The third-order valence-electron chi connectivity index (χ3n) is 14.8. The fourth-order valence-corrected chi connectivity index (χ4v) is 12.0. The highest BCUT2D eigenvalue weighted by molar-refractivity contribution is 6.15. The van der Waals surface area contributed by atoms with Gasteiger partial charge in [0.05, 0.1) is 45.0 Å². The van der Waals surface area contributed by atoms with Crippen molar-refractivity contribution >= 4 is 99.5 Å². The van der Waals surface area contributed by atoms with Gasteiger partial charge in [-0.1, -0.05) is 121 Å². The molecule has 12 aromatic rings. The summed E-state index contributed by atoms with van der Waals surface area (Å²) in [6, 6.07) is 63.0. The number of fused-ring (bicyclic) bond motifs is 15. The van der Waals surface area contributed by atoms with Crippen molar-refractivity contribution in [1.29, 1.82) is 0 Å². The number of anilines is 2. The Morgan fingerprint density at radius 1 is 0.439 bits per heavy atom. The van der Waals surface area contributed by atoms with Crippen LogP contribution >= 0.6 is 0 Å². The number of allylic oxidation sites excluding steroid dienone is 4. The average Bonchev–Trinajstić information content (AvgIpc) is 4.07. The third-order valence-corrected chi connectivity index (χ3v) is 14.8. The standard InChI is InChI=1S/C61H42N4O/c1-2-16-39-35-38(15-1)42-17-3-8-24-51(42)62(39)56-29-13-22-47-45-20-6-9-25-52(45)63(60(47)56)40-31-33-58-49(36-40)50-37-41(32-34-59(50)66-58)64-53-26-10-7-21-46(53)48-23-14-30-57(61(48)64)65-54-27-11-4-18-43(54)44-19-5-12-28-55(44)65/h1,3-6,8-15,17-20,22-37,39H,2,7,16,21H2. The lowest BCUT2D eigenvalue weighted by Crippen LogP contribution is -2.32. The van der Waals surface area contributed by atoms with E-state index in [9.17, 15) is 0 Å². The highest BCUT2D eigenvalue weighted by Gasteiger charge is 2.31. The molecule has 312 valence electrons. The second-order valence-corrected chi connectivity index (χ2v) is 18.2. The van der Waals surface area contributed by atoms with Gasteiger partial charge in [-0.25, -0.2) is 0 Å². The van der Waals surface area contributed by atoms with E-state index < -0.39 is 0 Å². The van der Waals surface area contributed by atoms with Gasteiger partial charge in [0.15, 0.2) is 0 Å². The Kier molecular flexibility index (Phi) is 7.45. The molecule has 0 N–H and O–H groups in total. The van der Waals surface area contributed by atoms with E-state index >= 15 is 0 Å². The molecular weight excluding hydrogens is 805 g/mol. The maximum Gasteiger partial charge on any atom is 0.135 e. The predicted octanol–water partition coefficient (Wildman–Crippen LogP) is 15.9. The largest absolute Gasteiger partial charge is 0.456 e. The van der Waals surface area contributed by atoms with Gasteiger partial charge >= 0.3 is 0 Å². The Hall–Kier alpha value is -8.28. The zero-order valence-corrected chi connectivity index (χ0v) is 36.2. The number of aryl methyl sites for hydroxylation is 1. The van der Waals surface area contributed by atoms with Gasteiger partial charge in [0.25, 0.3) is 0 Å². The molecule has 5 nitrogen and oxygen atoms in total. The Morgan fingerprint density at radius 3 is 1.77 bits per heavy atom. The molecule has 1 atom stereocenters. The summed E-state index contributed by atoms with van der Waals surface area (Å²) in [5, 5.41) is 8.52. The summed E-state index contributed by atoms with van der Waals surface area (Å²) in [4.78, 5) is 2.60. The molecule has 1 aliphatic heterocycles. The molecule has 3 aliphatic rings. The van der Waals surface area contributed by atoms with Crippen LogP contribution in [0.3, 0.4) is 0 Å². The van der Waals surface area contributed by atoms with Crippen molar-refractivity contribution in [2.75, 3.05) is 4.90 Å². The predicted molar refractivity (Wildman–Crippen MR) is 275 cm³/mol. The molecule has 0 saturated carbocycles.